The van der Waals surface area contributed by atoms with E-state index in [0.717, 1.165) is 34.1 Å². The highest BCUT2D eigenvalue weighted by molar-refractivity contribution is 6.17. The highest BCUT2D eigenvalue weighted by Gasteiger charge is 2.36. The predicted molar refractivity (Wildman–Crippen MR) is 306 cm³/mol. The number of anilines is 6. The third-order valence-electron chi connectivity index (χ3n) is 16.1. The van der Waals surface area contributed by atoms with Gasteiger partial charge in [0.25, 0.3) is 0 Å². The van der Waals surface area contributed by atoms with Crippen molar-refractivity contribution < 1.29 is 0 Å². The van der Waals surface area contributed by atoms with Gasteiger partial charge >= 0.3 is 0 Å². The normalized spacial score (nSPS) is 13.8. The molecular weight excluding hydrogens is 869 g/mol. The summed E-state index contributed by atoms with van der Waals surface area (Å²) in [4.78, 5) is 4.86. The molecule has 0 atom stereocenters. The predicted octanol–water partition coefficient (Wildman–Crippen LogP) is 19.5. The van der Waals surface area contributed by atoms with E-state index in [1.807, 2.05) is 0 Å². The van der Waals surface area contributed by atoms with E-state index in [4.69, 9.17) is 0 Å². The molecule has 2 aliphatic carbocycles. The number of hydrogen-bond acceptors (Lipinski definition) is 2. The molecule has 0 aliphatic heterocycles. The Hall–Kier alpha value is -8.72. The molecule has 0 aromatic heterocycles. The topological polar surface area (TPSA) is 6.48 Å². The van der Waals surface area contributed by atoms with Gasteiger partial charge in [0.05, 0.1) is 0 Å². The Kier molecular flexibility index (Phi) is 9.32. The summed E-state index contributed by atoms with van der Waals surface area (Å²) in [6.45, 7) is 9.53. The lowest BCUT2D eigenvalue weighted by molar-refractivity contribution is 0.662. The van der Waals surface area contributed by atoms with Crippen LogP contribution < -0.4 is 9.80 Å². The lowest BCUT2D eigenvalue weighted by Gasteiger charge is -2.29. The maximum absolute atomic E-state index is 2.45. The summed E-state index contributed by atoms with van der Waals surface area (Å²) >= 11 is 0. The van der Waals surface area contributed by atoms with E-state index in [9.17, 15) is 0 Å². The highest BCUT2D eigenvalue weighted by Crippen LogP contribution is 2.53. The zero-order valence-corrected chi connectivity index (χ0v) is 41.0. The summed E-state index contributed by atoms with van der Waals surface area (Å²) in [7, 11) is 0. The first-order valence-corrected chi connectivity index (χ1v) is 25.3. The molecule has 0 N–H and O–H groups in total. The summed E-state index contributed by atoms with van der Waals surface area (Å²) in [5, 5.41) is 10.7. The molecule has 0 fully saturated rings. The molecule has 12 aromatic rings. The lowest BCUT2D eigenvalue weighted by atomic mass is 9.81. The monoisotopic (exact) mass is 920 g/mol. The summed E-state index contributed by atoms with van der Waals surface area (Å²) < 4.78 is 0. The molecule has 2 heteroatoms. The Morgan fingerprint density at radius 3 is 0.847 bits per heavy atom. The molecule has 72 heavy (non-hydrogen) atoms. The van der Waals surface area contributed by atoms with E-state index in [2.05, 4.69) is 280 Å². The van der Waals surface area contributed by atoms with Gasteiger partial charge in [-0.3, -0.25) is 0 Å². The molecule has 0 bridgehead atoms. The van der Waals surface area contributed by atoms with Gasteiger partial charge in [-0.15, -0.1) is 0 Å². The molecule has 12 aromatic carbocycles. The van der Waals surface area contributed by atoms with Crippen LogP contribution in [0.15, 0.2) is 243 Å². The van der Waals surface area contributed by atoms with Gasteiger partial charge in [-0.25, -0.2) is 0 Å². The van der Waals surface area contributed by atoms with Crippen molar-refractivity contribution in [1.82, 2.24) is 0 Å². The average Bonchev–Trinajstić information content (AvgIpc) is 3.81. The second-order valence-corrected chi connectivity index (χ2v) is 21.0. The van der Waals surface area contributed by atoms with Crippen molar-refractivity contribution in [3.8, 4) is 33.4 Å². The van der Waals surface area contributed by atoms with Gasteiger partial charge in [0.15, 0.2) is 0 Å². The molecule has 0 amide bonds. The van der Waals surface area contributed by atoms with Crippen molar-refractivity contribution in [2.45, 2.75) is 38.5 Å². The fourth-order valence-corrected chi connectivity index (χ4v) is 12.4. The first-order valence-electron chi connectivity index (χ1n) is 25.3. The van der Waals surface area contributed by atoms with E-state index in [0.29, 0.717) is 0 Å². The fraction of sp³-hybridized carbons (Fsp3) is 0.0857. The van der Waals surface area contributed by atoms with Crippen LogP contribution in [0, 0.1) is 0 Å². The van der Waals surface area contributed by atoms with Crippen LogP contribution in [0.3, 0.4) is 0 Å². The molecule has 2 nitrogen and oxygen atoms in total. The van der Waals surface area contributed by atoms with Crippen molar-refractivity contribution in [2.24, 2.45) is 0 Å². The molecule has 0 saturated carbocycles. The fourth-order valence-electron chi connectivity index (χ4n) is 12.4. The van der Waals surface area contributed by atoms with Crippen molar-refractivity contribution in [3.05, 3.63) is 265 Å². The second-order valence-electron chi connectivity index (χ2n) is 21.0. The van der Waals surface area contributed by atoms with Crippen LogP contribution >= 0.6 is 0 Å². The molecule has 0 radical (unpaired) electrons. The number of nitrogens with zero attached hydrogens (tertiary/aromatic N) is 2. The van der Waals surface area contributed by atoms with Crippen molar-refractivity contribution >= 4 is 77.2 Å². The third kappa shape index (κ3) is 6.49. The summed E-state index contributed by atoms with van der Waals surface area (Å²) in [5.41, 5.74) is 19.3. The van der Waals surface area contributed by atoms with E-state index in [1.165, 1.54) is 98.7 Å². The van der Waals surface area contributed by atoms with Crippen LogP contribution in [-0.4, -0.2) is 0 Å². The molecular formula is C70H52N2. The van der Waals surface area contributed by atoms with E-state index >= 15 is 0 Å². The largest absolute Gasteiger partial charge is 0.310 e. The Balaban J connectivity index is 0.849. The third-order valence-corrected chi connectivity index (χ3v) is 16.1. The van der Waals surface area contributed by atoms with Gasteiger partial charge < -0.3 is 9.80 Å². The van der Waals surface area contributed by atoms with Crippen LogP contribution in [-0.2, 0) is 10.8 Å². The maximum atomic E-state index is 2.45. The zero-order valence-electron chi connectivity index (χ0n) is 41.0. The quantitative estimate of drug-likeness (QED) is 0.133. The number of rotatable bonds is 9. The zero-order chi connectivity index (χ0) is 48.3. The van der Waals surface area contributed by atoms with Crippen LogP contribution in [0.1, 0.15) is 49.9 Å². The van der Waals surface area contributed by atoms with Crippen LogP contribution in [0.5, 0.6) is 0 Å². The summed E-state index contributed by atoms with van der Waals surface area (Å²) in [5.74, 6) is 0. The van der Waals surface area contributed by atoms with E-state index in [-0.39, 0.29) is 10.8 Å². The first kappa shape index (κ1) is 42.2. The summed E-state index contributed by atoms with van der Waals surface area (Å²) in [6.07, 6.45) is 0. The second kappa shape index (κ2) is 15.9. The lowest BCUT2D eigenvalue weighted by Crippen LogP contribution is -2.17. The minimum Gasteiger partial charge on any atom is -0.310 e. The van der Waals surface area contributed by atoms with E-state index in [1.54, 1.807) is 0 Å². The molecule has 14 rings (SSSR count). The smallest absolute Gasteiger partial charge is 0.0471 e. The average molecular weight is 921 g/mol. The molecule has 342 valence electrons. The van der Waals surface area contributed by atoms with Crippen molar-refractivity contribution in [2.75, 3.05) is 9.80 Å². The summed E-state index contributed by atoms with van der Waals surface area (Å²) in [6, 6.07) is 90.1. The van der Waals surface area contributed by atoms with Gasteiger partial charge in [-0.05, 0) is 172 Å². The van der Waals surface area contributed by atoms with Crippen molar-refractivity contribution in [3.63, 3.8) is 0 Å². The van der Waals surface area contributed by atoms with Gasteiger partial charge in [0.2, 0.25) is 0 Å². The van der Waals surface area contributed by atoms with Crippen LogP contribution in [0.4, 0.5) is 34.1 Å². The van der Waals surface area contributed by atoms with Gasteiger partial charge in [0, 0.05) is 45.0 Å². The Labute approximate surface area is 421 Å². The standard InChI is InChI=1S/C70H52N2/c1-69(2)61-19-11-17-51-21-23-53-41-59(43-63(69)67(53)65(51)61)71(55-33-25-47(26-34-55)45-13-7-5-8-14-45)57-37-29-49(30-38-57)50-31-39-58(40-32-50)72(56-35-27-48(28-36-56)46-15-9-6-10-16-46)60-42-54-24-22-52-18-12-20-62-66(52)68(54)64(44-60)70(62,3)4/h5-44H,1-4H3. The minimum atomic E-state index is -0.127. The van der Waals surface area contributed by atoms with Gasteiger partial charge in [-0.1, -0.05) is 198 Å². The highest BCUT2D eigenvalue weighted by atomic mass is 15.1. The molecule has 0 saturated heterocycles. The minimum absolute atomic E-state index is 0.127. The maximum Gasteiger partial charge on any atom is 0.0471 e. The Morgan fingerprint density at radius 1 is 0.222 bits per heavy atom. The first-order chi connectivity index (χ1) is 35.2. The molecule has 0 spiro atoms. The number of benzene rings is 12. The molecule has 0 unspecified atom stereocenters. The van der Waals surface area contributed by atoms with Gasteiger partial charge in [0.1, 0.15) is 0 Å². The van der Waals surface area contributed by atoms with Gasteiger partial charge in [-0.2, -0.15) is 0 Å². The SMILES string of the molecule is CC1(C)c2cccc3ccc4cc(N(c5ccc(-c6ccccc6)cc5)c5ccc(-c6ccc(N(c7ccc(-c8ccccc8)cc7)c7cc8c9c(ccc%10cccc(c%109)C8(C)C)c7)cc6)cc5)cc1c4c23. The molecule has 0 heterocycles. The van der Waals surface area contributed by atoms with Crippen LogP contribution in [0.2, 0.25) is 0 Å². The van der Waals surface area contributed by atoms with E-state index < -0.39 is 0 Å². The Morgan fingerprint density at radius 2 is 0.514 bits per heavy atom. The molecule has 2 aliphatic rings. The number of hydrogen-bond donors (Lipinski definition) is 0. The van der Waals surface area contributed by atoms with Crippen LogP contribution in [0.25, 0.3) is 76.5 Å². The van der Waals surface area contributed by atoms with Crippen molar-refractivity contribution in [1.29, 1.82) is 0 Å². The Bertz CT molecular complexity index is 3820.